The van der Waals surface area contributed by atoms with Gasteiger partial charge in [0.25, 0.3) is 0 Å². The molecule has 1 saturated heterocycles. The third-order valence-electron chi connectivity index (χ3n) is 3.94. The quantitative estimate of drug-likeness (QED) is 0.823. The van der Waals surface area contributed by atoms with E-state index in [0.717, 1.165) is 12.8 Å². The lowest BCUT2D eigenvalue weighted by Gasteiger charge is -2.36. The number of hydrogen-bond donors (Lipinski definition) is 0. The molecular formula is C18H19NO. The van der Waals surface area contributed by atoms with E-state index in [4.69, 9.17) is 0 Å². The second kappa shape index (κ2) is 5.91. The van der Waals surface area contributed by atoms with Crippen LogP contribution in [0.3, 0.4) is 0 Å². The van der Waals surface area contributed by atoms with Gasteiger partial charge in [0.15, 0.2) is 0 Å². The second-order valence-electron chi connectivity index (χ2n) is 5.33. The first kappa shape index (κ1) is 12.9. The Bertz CT molecular complexity index is 564. The molecule has 2 heteroatoms. The number of hydrogen-bond acceptors (Lipinski definition) is 1. The maximum Gasteiger partial charge on any atom is 0.223 e. The van der Waals surface area contributed by atoms with Gasteiger partial charge in [0, 0.05) is 13.0 Å². The average molecular weight is 265 g/mol. The lowest BCUT2D eigenvalue weighted by molar-refractivity contribution is -0.137. The van der Waals surface area contributed by atoms with Crippen molar-refractivity contribution in [2.45, 2.75) is 31.8 Å². The number of rotatable bonds is 3. The molecule has 1 aliphatic rings. The van der Waals surface area contributed by atoms with Gasteiger partial charge in [-0.05, 0) is 24.0 Å². The summed E-state index contributed by atoms with van der Waals surface area (Å²) in [5.74, 6) is 0.272. The highest BCUT2D eigenvalue weighted by Crippen LogP contribution is 2.32. The molecule has 1 atom stereocenters. The summed E-state index contributed by atoms with van der Waals surface area (Å²) in [4.78, 5) is 14.3. The lowest BCUT2D eigenvalue weighted by atomic mass is 9.94. The molecule has 20 heavy (non-hydrogen) atoms. The Labute approximate surface area is 120 Å². The van der Waals surface area contributed by atoms with Crippen LogP contribution in [0.5, 0.6) is 0 Å². The highest BCUT2D eigenvalue weighted by molar-refractivity contribution is 5.77. The molecule has 1 aliphatic heterocycles. The van der Waals surface area contributed by atoms with E-state index >= 15 is 0 Å². The standard InChI is InChI=1S/C18H19NO/c20-18-13-7-12-17(16-10-5-2-6-11-16)19(18)14-15-8-3-1-4-9-15/h1-6,8-11,17H,7,12-14H2. The lowest BCUT2D eigenvalue weighted by Crippen LogP contribution is -2.37. The molecule has 1 unspecified atom stereocenters. The number of benzene rings is 2. The molecule has 0 aliphatic carbocycles. The highest BCUT2D eigenvalue weighted by Gasteiger charge is 2.28. The van der Waals surface area contributed by atoms with Gasteiger partial charge < -0.3 is 4.90 Å². The van der Waals surface area contributed by atoms with Crippen LogP contribution in [-0.4, -0.2) is 10.8 Å². The van der Waals surface area contributed by atoms with E-state index in [1.807, 2.05) is 29.2 Å². The monoisotopic (exact) mass is 265 g/mol. The number of carbonyl (C=O) groups excluding carboxylic acids is 1. The van der Waals surface area contributed by atoms with Crippen LogP contribution in [0, 0.1) is 0 Å². The van der Waals surface area contributed by atoms with Gasteiger partial charge in [-0.25, -0.2) is 0 Å². The zero-order chi connectivity index (χ0) is 13.8. The van der Waals surface area contributed by atoms with Crippen molar-refractivity contribution < 1.29 is 4.79 Å². The predicted molar refractivity (Wildman–Crippen MR) is 80.0 cm³/mol. The minimum atomic E-state index is 0.220. The van der Waals surface area contributed by atoms with Crippen LogP contribution >= 0.6 is 0 Å². The van der Waals surface area contributed by atoms with E-state index in [0.29, 0.717) is 13.0 Å². The highest BCUT2D eigenvalue weighted by atomic mass is 16.2. The summed E-state index contributed by atoms with van der Waals surface area (Å²) in [5.41, 5.74) is 2.44. The normalized spacial score (nSPS) is 19.1. The first-order valence-electron chi connectivity index (χ1n) is 7.23. The first-order valence-corrected chi connectivity index (χ1v) is 7.23. The molecule has 0 bridgehead atoms. The van der Waals surface area contributed by atoms with Crippen molar-refractivity contribution in [3.8, 4) is 0 Å². The van der Waals surface area contributed by atoms with Crippen molar-refractivity contribution in [2.75, 3.05) is 0 Å². The summed E-state index contributed by atoms with van der Waals surface area (Å²) in [7, 11) is 0. The molecule has 0 radical (unpaired) electrons. The van der Waals surface area contributed by atoms with Crippen LogP contribution in [0.2, 0.25) is 0 Å². The van der Waals surface area contributed by atoms with Crippen molar-refractivity contribution >= 4 is 5.91 Å². The van der Waals surface area contributed by atoms with Gasteiger partial charge in [0.1, 0.15) is 0 Å². The van der Waals surface area contributed by atoms with Crippen molar-refractivity contribution in [1.82, 2.24) is 4.90 Å². The smallest absolute Gasteiger partial charge is 0.223 e. The van der Waals surface area contributed by atoms with Gasteiger partial charge in [-0.15, -0.1) is 0 Å². The number of nitrogens with zero attached hydrogens (tertiary/aromatic N) is 1. The fraction of sp³-hybridized carbons (Fsp3) is 0.278. The molecule has 2 aromatic rings. The third-order valence-corrected chi connectivity index (χ3v) is 3.94. The van der Waals surface area contributed by atoms with E-state index in [9.17, 15) is 4.79 Å². The van der Waals surface area contributed by atoms with Crippen LogP contribution in [0.15, 0.2) is 60.7 Å². The molecule has 2 nitrogen and oxygen atoms in total. The second-order valence-corrected chi connectivity index (χ2v) is 5.33. The number of amides is 1. The van der Waals surface area contributed by atoms with Gasteiger partial charge in [0.2, 0.25) is 5.91 Å². The summed E-state index contributed by atoms with van der Waals surface area (Å²) in [5, 5.41) is 0. The largest absolute Gasteiger partial charge is 0.331 e. The minimum absolute atomic E-state index is 0.220. The Kier molecular flexibility index (Phi) is 3.82. The van der Waals surface area contributed by atoms with Gasteiger partial charge in [-0.3, -0.25) is 4.79 Å². The van der Waals surface area contributed by atoms with Crippen LogP contribution in [0.25, 0.3) is 0 Å². The molecule has 2 aromatic carbocycles. The summed E-state index contributed by atoms with van der Waals surface area (Å²) in [6.07, 6.45) is 2.72. The van der Waals surface area contributed by atoms with Crippen LogP contribution < -0.4 is 0 Å². The molecule has 1 heterocycles. The molecule has 102 valence electrons. The van der Waals surface area contributed by atoms with Gasteiger partial charge in [-0.1, -0.05) is 60.7 Å². The average Bonchev–Trinajstić information content (AvgIpc) is 2.51. The summed E-state index contributed by atoms with van der Waals surface area (Å²) < 4.78 is 0. The summed E-state index contributed by atoms with van der Waals surface area (Å²) in [6.45, 7) is 0.708. The predicted octanol–water partition coefficient (Wildman–Crippen LogP) is 3.94. The first-order chi connectivity index (χ1) is 9.84. The van der Waals surface area contributed by atoms with Crippen molar-refractivity contribution in [3.63, 3.8) is 0 Å². The molecule has 0 aromatic heterocycles. The van der Waals surface area contributed by atoms with Crippen LogP contribution in [0.1, 0.15) is 36.4 Å². The summed E-state index contributed by atoms with van der Waals surface area (Å²) >= 11 is 0. The SMILES string of the molecule is O=C1CCCC(c2ccccc2)N1Cc1ccccc1. The topological polar surface area (TPSA) is 20.3 Å². The Hall–Kier alpha value is -2.09. The minimum Gasteiger partial charge on any atom is -0.331 e. The number of piperidine rings is 1. The Balaban J connectivity index is 1.86. The Morgan fingerprint density at radius 1 is 0.950 bits per heavy atom. The zero-order valence-corrected chi connectivity index (χ0v) is 11.5. The zero-order valence-electron chi connectivity index (χ0n) is 11.5. The van der Waals surface area contributed by atoms with E-state index in [1.54, 1.807) is 0 Å². The van der Waals surface area contributed by atoms with E-state index in [-0.39, 0.29) is 11.9 Å². The molecule has 0 N–H and O–H groups in total. The van der Waals surface area contributed by atoms with Gasteiger partial charge in [-0.2, -0.15) is 0 Å². The molecule has 1 amide bonds. The molecule has 0 spiro atoms. The maximum absolute atomic E-state index is 12.3. The Morgan fingerprint density at radius 2 is 1.60 bits per heavy atom. The van der Waals surface area contributed by atoms with Crippen molar-refractivity contribution in [3.05, 3.63) is 71.8 Å². The Morgan fingerprint density at radius 3 is 2.30 bits per heavy atom. The maximum atomic E-state index is 12.3. The summed E-state index contributed by atoms with van der Waals surface area (Å²) in [6, 6.07) is 20.8. The molecule has 1 fully saturated rings. The van der Waals surface area contributed by atoms with Crippen molar-refractivity contribution in [2.24, 2.45) is 0 Å². The van der Waals surface area contributed by atoms with Crippen LogP contribution in [-0.2, 0) is 11.3 Å². The van der Waals surface area contributed by atoms with Crippen LogP contribution in [0.4, 0.5) is 0 Å². The van der Waals surface area contributed by atoms with Gasteiger partial charge in [0.05, 0.1) is 6.04 Å². The van der Waals surface area contributed by atoms with E-state index in [2.05, 4.69) is 36.4 Å². The number of carbonyl (C=O) groups is 1. The molecular weight excluding hydrogens is 246 g/mol. The third kappa shape index (κ3) is 2.74. The molecule has 3 rings (SSSR count). The number of likely N-dealkylation sites (tertiary alicyclic amines) is 1. The van der Waals surface area contributed by atoms with E-state index in [1.165, 1.54) is 11.1 Å². The fourth-order valence-electron chi connectivity index (χ4n) is 2.92. The van der Waals surface area contributed by atoms with Crippen molar-refractivity contribution in [1.29, 1.82) is 0 Å². The fourth-order valence-corrected chi connectivity index (χ4v) is 2.92. The van der Waals surface area contributed by atoms with Gasteiger partial charge >= 0.3 is 0 Å². The molecule has 0 saturated carbocycles. The van der Waals surface area contributed by atoms with E-state index < -0.39 is 0 Å².